The Bertz CT molecular complexity index is 605. The van der Waals surface area contributed by atoms with Crippen LogP contribution < -0.4 is 4.74 Å². The van der Waals surface area contributed by atoms with Gasteiger partial charge < -0.3 is 4.74 Å². The predicted molar refractivity (Wildman–Crippen MR) is 95.7 cm³/mol. The number of ether oxygens (including phenoxy) is 1. The number of benzene rings is 2. The highest BCUT2D eigenvalue weighted by atomic mass is 16.5. The molecule has 1 nitrogen and oxygen atoms in total. The highest BCUT2D eigenvalue weighted by molar-refractivity contribution is 5.71. The topological polar surface area (TPSA) is 9.23 Å². The Morgan fingerprint density at radius 1 is 0.818 bits per heavy atom. The summed E-state index contributed by atoms with van der Waals surface area (Å²) in [4.78, 5) is 0. The maximum atomic E-state index is 5.74. The van der Waals surface area contributed by atoms with Gasteiger partial charge in [0.05, 0.1) is 6.61 Å². The lowest BCUT2D eigenvalue weighted by atomic mass is 9.99. The zero-order valence-corrected chi connectivity index (χ0v) is 14.4. The molecule has 1 aliphatic carbocycles. The molecule has 0 aliphatic heterocycles. The molecule has 118 valence electrons. The summed E-state index contributed by atoms with van der Waals surface area (Å²) in [6.45, 7) is 9.09. The van der Waals surface area contributed by atoms with Gasteiger partial charge in [-0.25, -0.2) is 0 Å². The van der Waals surface area contributed by atoms with Gasteiger partial charge >= 0.3 is 0 Å². The maximum absolute atomic E-state index is 5.74. The minimum atomic E-state index is 0.696. The third kappa shape index (κ3) is 4.37. The highest BCUT2D eigenvalue weighted by Gasteiger charge is 2.07. The fourth-order valence-electron chi connectivity index (χ4n) is 2.30. The van der Waals surface area contributed by atoms with Gasteiger partial charge in [-0.2, -0.15) is 0 Å². The van der Waals surface area contributed by atoms with Crippen LogP contribution in [0.5, 0.6) is 5.75 Å². The van der Waals surface area contributed by atoms with Crippen molar-refractivity contribution in [3.05, 3.63) is 53.1 Å². The minimum absolute atomic E-state index is 0.696. The smallest absolute Gasteiger partial charge is 0.127 e. The predicted octanol–water partition coefficient (Wildman–Crippen LogP) is 6.24. The Morgan fingerprint density at radius 2 is 1.50 bits per heavy atom. The molecule has 2 aromatic rings. The summed E-state index contributed by atoms with van der Waals surface area (Å²) >= 11 is 0. The number of rotatable bonds is 3. The first kappa shape index (κ1) is 16.6. The summed E-state index contributed by atoms with van der Waals surface area (Å²) in [5.41, 5.74) is 6.26. The highest BCUT2D eigenvalue weighted by Crippen LogP contribution is 2.32. The molecule has 0 unspecified atom stereocenters. The van der Waals surface area contributed by atoms with E-state index in [1.54, 1.807) is 0 Å². The van der Waals surface area contributed by atoms with Crippen molar-refractivity contribution in [1.29, 1.82) is 0 Å². The third-order valence-corrected chi connectivity index (χ3v) is 4.25. The quantitative estimate of drug-likeness (QED) is 0.651. The van der Waals surface area contributed by atoms with Crippen LogP contribution in [-0.2, 0) is 0 Å². The van der Waals surface area contributed by atoms with Crippen LogP contribution in [-0.4, -0.2) is 6.61 Å². The van der Waals surface area contributed by atoms with Gasteiger partial charge in [-0.3, -0.25) is 0 Å². The monoisotopic (exact) mass is 296 g/mol. The molecule has 2 aromatic carbocycles. The molecule has 0 bridgehead atoms. The SMILES string of the molecule is C1CCC1.CCOc1cc(C)ccc1-c1ccc(C)c(C)c1. The van der Waals surface area contributed by atoms with Crippen molar-refractivity contribution in [1.82, 2.24) is 0 Å². The van der Waals surface area contributed by atoms with Crippen LogP contribution in [0.15, 0.2) is 36.4 Å². The zero-order valence-electron chi connectivity index (χ0n) is 14.4. The van der Waals surface area contributed by atoms with Crippen LogP contribution in [0, 0.1) is 20.8 Å². The van der Waals surface area contributed by atoms with E-state index in [-0.39, 0.29) is 0 Å². The van der Waals surface area contributed by atoms with Crippen molar-refractivity contribution in [2.75, 3.05) is 6.61 Å². The van der Waals surface area contributed by atoms with Gasteiger partial charge in [0, 0.05) is 5.56 Å². The lowest BCUT2D eigenvalue weighted by molar-refractivity contribution is 0.341. The maximum Gasteiger partial charge on any atom is 0.127 e. The van der Waals surface area contributed by atoms with Gasteiger partial charge in [0.1, 0.15) is 5.75 Å². The normalized spacial score (nSPS) is 12.9. The second-order valence-electron chi connectivity index (χ2n) is 6.15. The summed E-state index contributed by atoms with van der Waals surface area (Å²) in [5, 5.41) is 0. The Hall–Kier alpha value is -1.76. The molecule has 1 heteroatoms. The average molecular weight is 296 g/mol. The van der Waals surface area contributed by atoms with Crippen molar-refractivity contribution >= 4 is 0 Å². The van der Waals surface area contributed by atoms with Crippen molar-refractivity contribution in [3.63, 3.8) is 0 Å². The summed E-state index contributed by atoms with van der Waals surface area (Å²) in [6, 6.07) is 12.9. The van der Waals surface area contributed by atoms with E-state index in [9.17, 15) is 0 Å². The molecular formula is C21H28O. The van der Waals surface area contributed by atoms with Crippen molar-refractivity contribution < 1.29 is 4.74 Å². The minimum Gasteiger partial charge on any atom is -0.493 e. The third-order valence-electron chi connectivity index (χ3n) is 4.25. The standard InChI is InChI=1S/C17H20O.C4H8/c1-5-18-17-10-12(2)6-9-16(17)15-8-7-13(3)14(4)11-15;1-2-4-3-1/h6-11H,5H2,1-4H3;1-4H2. The molecule has 0 heterocycles. The molecule has 3 rings (SSSR count). The van der Waals surface area contributed by atoms with E-state index < -0.39 is 0 Å². The molecule has 1 saturated carbocycles. The molecule has 0 radical (unpaired) electrons. The summed E-state index contributed by atoms with van der Waals surface area (Å²) in [5.74, 6) is 0.973. The van der Waals surface area contributed by atoms with Gasteiger partial charge in [0.2, 0.25) is 0 Å². The lowest BCUT2D eigenvalue weighted by Crippen LogP contribution is -1.95. The fraction of sp³-hybridized carbons (Fsp3) is 0.429. The second kappa shape index (κ2) is 8.03. The molecule has 0 amide bonds. The first-order valence-electron chi connectivity index (χ1n) is 8.43. The van der Waals surface area contributed by atoms with Crippen LogP contribution in [0.4, 0.5) is 0 Å². The van der Waals surface area contributed by atoms with Crippen molar-refractivity contribution in [2.45, 2.75) is 53.4 Å². The Morgan fingerprint density at radius 3 is 2.05 bits per heavy atom. The van der Waals surface area contributed by atoms with E-state index in [2.05, 4.69) is 57.2 Å². The zero-order chi connectivity index (χ0) is 15.9. The first-order valence-corrected chi connectivity index (χ1v) is 8.43. The number of hydrogen-bond donors (Lipinski definition) is 0. The summed E-state index contributed by atoms with van der Waals surface area (Å²) in [6.07, 6.45) is 6.00. The van der Waals surface area contributed by atoms with Gasteiger partial charge in [-0.15, -0.1) is 0 Å². The molecule has 0 N–H and O–H groups in total. The molecular weight excluding hydrogens is 268 g/mol. The van der Waals surface area contributed by atoms with Crippen LogP contribution in [0.2, 0.25) is 0 Å². The van der Waals surface area contributed by atoms with Crippen LogP contribution >= 0.6 is 0 Å². The molecule has 0 saturated heterocycles. The second-order valence-corrected chi connectivity index (χ2v) is 6.15. The van der Waals surface area contributed by atoms with Crippen LogP contribution in [0.25, 0.3) is 11.1 Å². The van der Waals surface area contributed by atoms with E-state index >= 15 is 0 Å². The molecule has 0 spiro atoms. The number of aryl methyl sites for hydroxylation is 3. The van der Waals surface area contributed by atoms with Crippen molar-refractivity contribution in [3.8, 4) is 16.9 Å². The van der Waals surface area contributed by atoms with Crippen LogP contribution in [0.3, 0.4) is 0 Å². The lowest BCUT2D eigenvalue weighted by Gasteiger charge is -2.12. The van der Waals surface area contributed by atoms with Gasteiger partial charge in [-0.1, -0.05) is 56.0 Å². The van der Waals surface area contributed by atoms with Gasteiger partial charge in [0.25, 0.3) is 0 Å². The van der Waals surface area contributed by atoms with E-state index in [1.807, 2.05) is 6.92 Å². The Kier molecular flexibility index (Phi) is 6.06. The summed E-state index contributed by atoms with van der Waals surface area (Å²) in [7, 11) is 0. The molecule has 22 heavy (non-hydrogen) atoms. The summed E-state index contributed by atoms with van der Waals surface area (Å²) < 4.78 is 5.74. The first-order chi connectivity index (χ1) is 10.6. The number of hydrogen-bond acceptors (Lipinski definition) is 1. The van der Waals surface area contributed by atoms with E-state index in [1.165, 1.54) is 53.5 Å². The van der Waals surface area contributed by atoms with Crippen LogP contribution in [0.1, 0.15) is 49.3 Å². The molecule has 0 atom stereocenters. The van der Waals surface area contributed by atoms with Gasteiger partial charge in [0.15, 0.2) is 0 Å². The van der Waals surface area contributed by atoms with Crippen molar-refractivity contribution in [2.24, 2.45) is 0 Å². The van der Waals surface area contributed by atoms with E-state index in [4.69, 9.17) is 4.74 Å². The Balaban J connectivity index is 0.000000381. The largest absolute Gasteiger partial charge is 0.493 e. The molecule has 0 aromatic heterocycles. The average Bonchev–Trinajstić information content (AvgIpc) is 2.41. The van der Waals surface area contributed by atoms with Gasteiger partial charge in [-0.05, 0) is 56.0 Å². The molecule has 1 fully saturated rings. The van der Waals surface area contributed by atoms with E-state index in [0.29, 0.717) is 6.61 Å². The Labute approximate surface area is 135 Å². The molecule has 1 aliphatic rings. The fourth-order valence-corrected chi connectivity index (χ4v) is 2.30. The van der Waals surface area contributed by atoms with E-state index in [0.717, 1.165) is 5.75 Å².